The van der Waals surface area contributed by atoms with Crippen LogP contribution in [-0.4, -0.2) is 33.7 Å². The average Bonchev–Trinajstić information content (AvgIpc) is 2.56. The van der Waals surface area contributed by atoms with E-state index in [1.165, 1.54) is 4.68 Å². The summed E-state index contributed by atoms with van der Waals surface area (Å²) in [4.78, 5) is 27.6. The molecule has 1 fully saturated rings. The molecule has 0 radical (unpaired) electrons. The molecule has 0 N–H and O–H groups in total. The zero-order valence-electron chi connectivity index (χ0n) is 14.7. The number of amides is 1. The monoisotopic (exact) mass is 327 g/mol. The topological polar surface area (TPSA) is 55.2 Å². The second-order valence-corrected chi connectivity index (χ2v) is 7.27. The van der Waals surface area contributed by atoms with Gasteiger partial charge in [-0.05, 0) is 30.7 Å². The molecule has 5 heteroatoms. The standard InChI is InChI=1S/C19H25N3O2/c1-13(2)11-22-18(23)16-9-5-4-8-15(16)17(20-22)19(24)21-10-6-7-14(3)12-21/h4-5,8-9,13-14H,6-7,10-12H2,1-3H3. The Balaban J connectivity index is 2.10. The van der Waals surface area contributed by atoms with Crippen LogP contribution in [0.4, 0.5) is 0 Å². The number of fused-ring (bicyclic) bond motifs is 1. The minimum atomic E-state index is -0.122. The lowest BCUT2D eigenvalue weighted by atomic mass is 9.99. The predicted molar refractivity (Wildman–Crippen MR) is 95.1 cm³/mol. The molecule has 1 unspecified atom stereocenters. The summed E-state index contributed by atoms with van der Waals surface area (Å²) in [6.45, 7) is 8.29. The molecule has 0 saturated carbocycles. The number of benzene rings is 1. The van der Waals surface area contributed by atoms with E-state index in [4.69, 9.17) is 0 Å². The number of nitrogens with zero attached hydrogens (tertiary/aromatic N) is 3. The van der Waals surface area contributed by atoms with Gasteiger partial charge in [0.25, 0.3) is 11.5 Å². The molecular formula is C19H25N3O2. The van der Waals surface area contributed by atoms with E-state index in [1.54, 1.807) is 6.07 Å². The van der Waals surface area contributed by atoms with Crippen molar-refractivity contribution in [3.05, 3.63) is 40.3 Å². The molecule has 2 heterocycles. The maximum atomic E-state index is 13.1. The van der Waals surface area contributed by atoms with Crippen molar-refractivity contribution >= 4 is 16.7 Å². The molecule has 0 aliphatic carbocycles. The molecule has 1 aromatic heterocycles. The van der Waals surface area contributed by atoms with Crippen LogP contribution in [0.25, 0.3) is 10.8 Å². The number of likely N-dealkylation sites (tertiary alicyclic amines) is 1. The normalized spacial score (nSPS) is 18.3. The molecule has 3 rings (SSSR count). The number of rotatable bonds is 3. The van der Waals surface area contributed by atoms with Gasteiger partial charge in [-0.1, -0.05) is 39.0 Å². The highest BCUT2D eigenvalue weighted by molar-refractivity contribution is 6.04. The van der Waals surface area contributed by atoms with Crippen molar-refractivity contribution in [2.45, 2.75) is 40.2 Å². The summed E-state index contributed by atoms with van der Waals surface area (Å²) < 4.78 is 1.45. The van der Waals surface area contributed by atoms with Crippen LogP contribution in [0.15, 0.2) is 29.1 Å². The fraction of sp³-hybridized carbons (Fsp3) is 0.526. The lowest BCUT2D eigenvalue weighted by Gasteiger charge is -2.31. The summed E-state index contributed by atoms with van der Waals surface area (Å²) in [7, 11) is 0. The third-order valence-electron chi connectivity index (χ3n) is 4.55. The van der Waals surface area contributed by atoms with Crippen molar-refractivity contribution in [1.29, 1.82) is 0 Å². The van der Waals surface area contributed by atoms with E-state index in [-0.39, 0.29) is 17.4 Å². The largest absolute Gasteiger partial charge is 0.337 e. The quantitative estimate of drug-likeness (QED) is 0.871. The Hall–Kier alpha value is -2.17. The van der Waals surface area contributed by atoms with Crippen molar-refractivity contribution in [3.8, 4) is 0 Å². The van der Waals surface area contributed by atoms with Gasteiger partial charge in [-0.15, -0.1) is 0 Å². The van der Waals surface area contributed by atoms with E-state index in [0.29, 0.717) is 28.9 Å². The second kappa shape index (κ2) is 6.75. The van der Waals surface area contributed by atoms with Gasteiger partial charge in [-0.3, -0.25) is 9.59 Å². The molecule has 128 valence electrons. The third kappa shape index (κ3) is 3.21. The SMILES string of the molecule is CC(C)Cn1nc(C(=O)N2CCCC(C)C2)c2ccccc2c1=O. The lowest BCUT2D eigenvalue weighted by molar-refractivity contribution is 0.0676. The molecule has 5 nitrogen and oxygen atoms in total. The molecular weight excluding hydrogens is 302 g/mol. The van der Waals surface area contributed by atoms with Gasteiger partial charge in [-0.25, -0.2) is 4.68 Å². The highest BCUT2D eigenvalue weighted by atomic mass is 16.2. The lowest BCUT2D eigenvalue weighted by Crippen LogP contribution is -2.40. The summed E-state index contributed by atoms with van der Waals surface area (Å²) in [5.74, 6) is 0.736. The van der Waals surface area contributed by atoms with E-state index in [9.17, 15) is 9.59 Å². The fourth-order valence-corrected chi connectivity index (χ4v) is 3.39. The number of hydrogen-bond acceptors (Lipinski definition) is 3. The fourth-order valence-electron chi connectivity index (χ4n) is 3.39. The molecule has 1 atom stereocenters. The van der Waals surface area contributed by atoms with Crippen LogP contribution in [-0.2, 0) is 6.54 Å². The Kier molecular flexibility index (Phi) is 4.69. The van der Waals surface area contributed by atoms with Crippen molar-refractivity contribution in [1.82, 2.24) is 14.7 Å². The van der Waals surface area contributed by atoms with Crippen molar-refractivity contribution < 1.29 is 4.79 Å². The van der Waals surface area contributed by atoms with E-state index < -0.39 is 0 Å². The molecule has 2 aromatic rings. The molecule has 24 heavy (non-hydrogen) atoms. The molecule has 0 bridgehead atoms. The Bertz CT molecular complexity index is 810. The summed E-state index contributed by atoms with van der Waals surface area (Å²) in [6.07, 6.45) is 2.18. The van der Waals surface area contributed by atoms with E-state index in [2.05, 4.69) is 12.0 Å². The zero-order chi connectivity index (χ0) is 17.3. The minimum Gasteiger partial charge on any atom is -0.337 e. The van der Waals surface area contributed by atoms with E-state index in [0.717, 1.165) is 25.9 Å². The molecule has 1 aromatic carbocycles. The highest BCUT2D eigenvalue weighted by Gasteiger charge is 2.25. The molecule has 0 spiro atoms. The first-order valence-corrected chi connectivity index (χ1v) is 8.76. The van der Waals surface area contributed by atoms with Crippen molar-refractivity contribution in [3.63, 3.8) is 0 Å². The Labute approximate surface area is 142 Å². The number of piperidine rings is 1. The van der Waals surface area contributed by atoms with Crippen LogP contribution in [0.3, 0.4) is 0 Å². The Morgan fingerprint density at radius 3 is 2.67 bits per heavy atom. The predicted octanol–water partition coefficient (Wildman–Crippen LogP) is 2.92. The second-order valence-electron chi connectivity index (χ2n) is 7.27. The number of aromatic nitrogens is 2. The molecule has 1 saturated heterocycles. The summed E-state index contributed by atoms with van der Waals surface area (Å²) in [6, 6.07) is 7.29. The van der Waals surface area contributed by atoms with Gasteiger partial charge < -0.3 is 4.90 Å². The van der Waals surface area contributed by atoms with Crippen LogP contribution in [0.1, 0.15) is 44.1 Å². The number of hydrogen-bond donors (Lipinski definition) is 0. The van der Waals surface area contributed by atoms with Gasteiger partial charge in [0.05, 0.1) is 5.39 Å². The summed E-state index contributed by atoms with van der Waals surface area (Å²) in [5, 5.41) is 5.68. The van der Waals surface area contributed by atoms with Crippen LogP contribution in [0.2, 0.25) is 0 Å². The Morgan fingerprint density at radius 1 is 1.29 bits per heavy atom. The first-order valence-electron chi connectivity index (χ1n) is 8.76. The van der Waals surface area contributed by atoms with Crippen molar-refractivity contribution in [2.75, 3.05) is 13.1 Å². The minimum absolute atomic E-state index is 0.0599. The van der Waals surface area contributed by atoms with Crippen LogP contribution in [0, 0.1) is 11.8 Å². The van der Waals surface area contributed by atoms with E-state index in [1.807, 2.05) is 36.9 Å². The molecule has 1 aliphatic heterocycles. The van der Waals surface area contributed by atoms with Gasteiger partial charge in [0.15, 0.2) is 5.69 Å². The van der Waals surface area contributed by atoms with Crippen LogP contribution < -0.4 is 5.56 Å². The Morgan fingerprint density at radius 2 is 2.00 bits per heavy atom. The maximum Gasteiger partial charge on any atom is 0.274 e. The average molecular weight is 327 g/mol. The van der Waals surface area contributed by atoms with Gasteiger partial charge >= 0.3 is 0 Å². The first-order chi connectivity index (χ1) is 11.5. The van der Waals surface area contributed by atoms with E-state index >= 15 is 0 Å². The molecule has 1 amide bonds. The van der Waals surface area contributed by atoms with Gasteiger partial charge in [0, 0.05) is 25.0 Å². The zero-order valence-corrected chi connectivity index (χ0v) is 14.7. The van der Waals surface area contributed by atoms with Gasteiger partial charge in [0.2, 0.25) is 0 Å². The smallest absolute Gasteiger partial charge is 0.274 e. The van der Waals surface area contributed by atoms with Gasteiger partial charge in [0.1, 0.15) is 0 Å². The highest BCUT2D eigenvalue weighted by Crippen LogP contribution is 2.20. The number of carbonyl (C=O) groups excluding carboxylic acids is 1. The third-order valence-corrected chi connectivity index (χ3v) is 4.55. The summed E-state index contributed by atoms with van der Waals surface area (Å²) >= 11 is 0. The number of carbonyl (C=O) groups is 1. The van der Waals surface area contributed by atoms with Gasteiger partial charge in [-0.2, -0.15) is 5.10 Å². The maximum absolute atomic E-state index is 13.1. The van der Waals surface area contributed by atoms with Crippen LogP contribution in [0.5, 0.6) is 0 Å². The van der Waals surface area contributed by atoms with Crippen molar-refractivity contribution in [2.24, 2.45) is 11.8 Å². The first kappa shape index (κ1) is 16.7. The molecule has 1 aliphatic rings. The van der Waals surface area contributed by atoms with Crippen LogP contribution >= 0.6 is 0 Å². The summed E-state index contributed by atoms with van der Waals surface area (Å²) in [5.41, 5.74) is 0.280.